The second-order valence-electron chi connectivity index (χ2n) is 5.50. The van der Waals surface area contributed by atoms with Gasteiger partial charge in [-0.3, -0.25) is 4.68 Å². The van der Waals surface area contributed by atoms with Crippen molar-refractivity contribution < 1.29 is 9.53 Å². The average Bonchev–Trinajstić information content (AvgIpc) is 3.23. The van der Waals surface area contributed by atoms with E-state index in [4.69, 9.17) is 4.74 Å². The Morgan fingerprint density at radius 1 is 1.52 bits per heavy atom. The van der Waals surface area contributed by atoms with Crippen LogP contribution in [-0.2, 0) is 11.8 Å². The molecule has 1 aliphatic carbocycles. The van der Waals surface area contributed by atoms with Crippen molar-refractivity contribution in [3.8, 4) is 0 Å². The number of anilines is 1. The van der Waals surface area contributed by atoms with Gasteiger partial charge in [0, 0.05) is 19.8 Å². The van der Waals surface area contributed by atoms with E-state index >= 15 is 0 Å². The number of fused-ring (bicyclic) bond motifs is 1. The minimum absolute atomic E-state index is 0.339. The summed E-state index contributed by atoms with van der Waals surface area (Å²) in [6, 6.07) is 0. The summed E-state index contributed by atoms with van der Waals surface area (Å²) in [5, 5.41) is 8.73. The van der Waals surface area contributed by atoms with Crippen LogP contribution in [0.3, 0.4) is 0 Å². The van der Waals surface area contributed by atoms with Crippen LogP contribution in [-0.4, -0.2) is 33.9 Å². The lowest BCUT2D eigenvalue weighted by Gasteiger charge is -2.12. The number of nitrogens with zero attached hydrogens (tertiary/aromatic N) is 3. The number of pyridine rings is 1. The van der Waals surface area contributed by atoms with Crippen molar-refractivity contribution in [3.63, 3.8) is 0 Å². The summed E-state index contributed by atoms with van der Waals surface area (Å²) < 4.78 is 6.88. The van der Waals surface area contributed by atoms with Gasteiger partial charge in [0.2, 0.25) is 0 Å². The number of aryl methyl sites for hydroxylation is 2. The van der Waals surface area contributed by atoms with Crippen LogP contribution in [0.4, 0.5) is 5.69 Å². The van der Waals surface area contributed by atoms with Gasteiger partial charge in [-0.05, 0) is 32.6 Å². The van der Waals surface area contributed by atoms with Crippen molar-refractivity contribution in [2.75, 3.05) is 18.5 Å². The number of nitrogens with one attached hydrogen (secondary N) is 1. The lowest BCUT2D eigenvalue weighted by molar-refractivity contribution is 0.0527. The molecule has 1 fully saturated rings. The SMILES string of the molecule is CCOC(=O)c1cnc2c(c(C)nn2C)c1NCC1CC1. The first kappa shape index (κ1) is 13.9. The Balaban J connectivity index is 2.09. The zero-order valence-corrected chi connectivity index (χ0v) is 12.6. The molecule has 1 N–H and O–H groups in total. The number of hydrogen-bond donors (Lipinski definition) is 1. The highest BCUT2D eigenvalue weighted by Gasteiger charge is 2.24. The summed E-state index contributed by atoms with van der Waals surface area (Å²) in [5.41, 5.74) is 2.93. The van der Waals surface area contributed by atoms with Crippen LogP contribution < -0.4 is 5.32 Å². The fourth-order valence-electron chi connectivity index (χ4n) is 2.53. The van der Waals surface area contributed by atoms with E-state index < -0.39 is 0 Å². The fourth-order valence-corrected chi connectivity index (χ4v) is 2.53. The van der Waals surface area contributed by atoms with Gasteiger partial charge in [0.15, 0.2) is 5.65 Å². The summed E-state index contributed by atoms with van der Waals surface area (Å²) in [7, 11) is 1.86. The molecule has 0 atom stereocenters. The highest BCUT2D eigenvalue weighted by atomic mass is 16.5. The number of rotatable bonds is 5. The van der Waals surface area contributed by atoms with E-state index in [0.29, 0.717) is 18.1 Å². The molecule has 0 unspecified atom stereocenters. The van der Waals surface area contributed by atoms with Crippen LogP contribution in [0.2, 0.25) is 0 Å². The Bertz CT molecular complexity index is 689. The van der Waals surface area contributed by atoms with Crippen molar-refractivity contribution in [3.05, 3.63) is 17.5 Å². The molecule has 2 aromatic rings. The molecule has 3 rings (SSSR count). The maximum absolute atomic E-state index is 12.2. The minimum Gasteiger partial charge on any atom is -0.462 e. The molecule has 112 valence electrons. The smallest absolute Gasteiger partial charge is 0.341 e. The van der Waals surface area contributed by atoms with E-state index in [-0.39, 0.29) is 5.97 Å². The maximum atomic E-state index is 12.2. The third-order valence-electron chi connectivity index (χ3n) is 3.79. The highest BCUT2D eigenvalue weighted by Crippen LogP contribution is 2.33. The van der Waals surface area contributed by atoms with Crippen LogP contribution in [0, 0.1) is 12.8 Å². The van der Waals surface area contributed by atoms with Gasteiger partial charge in [0.05, 0.1) is 23.4 Å². The van der Waals surface area contributed by atoms with Crippen LogP contribution in [0.15, 0.2) is 6.20 Å². The second-order valence-corrected chi connectivity index (χ2v) is 5.50. The highest BCUT2D eigenvalue weighted by molar-refractivity contribution is 6.05. The summed E-state index contributed by atoms with van der Waals surface area (Å²) in [6.07, 6.45) is 4.08. The van der Waals surface area contributed by atoms with E-state index in [1.54, 1.807) is 17.8 Å². The molecule has 6 heteroatoms. The molecule has 0 radical (unpaired) electrons. The van der Waals surface area contributed by atoms with Crippen LogP contribution in [0.5, 0.6) is 0 Å². The van der Waals surface area contributed by atoms with Crippen molar-refractivity contribution in [1.82, 2.24) is 14.8 Å². The monoisotopic (exact) mass is 288 g/mol. The average molecular weight is 288 g/mol. The number of carbonyl (C=O) groups excluding carboxylic acids is 1. The standard InChI is InChI=1S/C15H20N4O2/c1-4-21-15(20)11-8-17-14-12(9(2)18-19(14)3)13(11)16-7-10-5-6-10/h8,10H,4-7H2,1-3H3,(H,16,17). The Hall–Kier alpha value is -2.11. The third kappa shape index (κ3) is 2.57. The normalized spacial score (nSPS) is 14.4. The maximum Gasteiger partial charge on any atom is 0.341 e. The Labute approximate surface area is 123 Å². The van der Waals surface area contributed by atoms with Gasteiger partial charge in [0.25, 0.3) is 0 Å². The molecule has 0 spiro atoms. The minimum atomic E-state index is -0.339. The van der Waals surface area contributed by atoms with E-state index in [0.717, 1.165) is 29.0 Å². The van der Waals surface area contributed by atoms with Crippen molar-refractivity contribution in [2.24, 2.45) is 13.0 Å². The molecular formula is C15H20N4O2. The number of aromatic nitrogens is 3. The zero-order valence-electron chi connectivity index (χ0n) is 12.6. The molecule has 1 saturated carbocycles. The molecule has 2 heterocycles. The Morgan fingerprint density at radius 2 is 2.29 bits per heavy atom. The van der Waals surface area contributed by atoms with E-state index in [2.05, 4.69) is 15.4 Å². The molecule has 0 saturated heterocycles. The summed E-state index contributed by atoms with van der Waals surface area (Å²) in [6.45, 7) is 4.96. The lowest BCUT2D eigenvalue weighted by Crippen LogP contribution is -2.13. The fraction of sp³-hybridized carbons (Fsp3) is 0.533. The summed E-state index contributed by atoms with van der Waals surface area (Å²) in [4.78, 5) is 16.5. The number of esters is 1. The molecule has 0 amide bonds. The molecule has 0 bridgehead atoms. The summed E-state index contributed by atoms with van der Waals surface area (Å²) in [5.74, 6) is 0.369. The number of carbonyl (C=O) groups is 1. The number of ether oxygens (including phenoxy) is 1. The van der Waals surface area contributed by atoms with Crippen molar-refractivity contribution in [1.29, 1.82) is 0 Å². The Kier molecular flexibility index (Phi) is 3.53. The molecule has 1 aliphatic rings. The topological polar surface area (TPSA) is 69.0 Å². The lowest BCUT2D eigenvalue weighted by atomic mass is 10.1. The van der Waals surface area contributed by atoms with E-state index in [9.17, 15) is 4.79 Å². The molecule has 21 heavy (non-hydrogen) atoms. The van der Waals surface area contributed by atoms with Crippen LogP contribution in [0.1, 0.15) is 35.8 Å². The van der Waals surface area contributed by atoms with Crippen LogP contribution in [0.25, 0.3) is 11.0 Å². The second kappa shape index (κ2) is 5.35. The quantitative estimate of drug-likeness (QED) is 0.855. The van der Waals surface area contributed by atoms with Crippen molar-refractivity contribution in [2.45, 2.75) is 26.7 Å². The van der Waals surface area contributed by atoms with Gasteiger partial charge in [-0.25, -0.2) is 9.78 Å². The van der Waals surface area contributed by atoms with Gasteiger partial charge >= 0.3 is 5.97 Å². The van der Waals surface area contributed by atoms with Gasteiger partial charge in [-0.2, -0.15) is 5.10 Å². The first-order valence-electron chi connectivity index (χ1n) is 7.35. The largest absolute Gasteiger partial charge is 0.462 e. The zero-order chi connectivity index (χ0) is 15.0. The molecule has 0 aromatic carbocycles. The Morgan fingerprint density at radius 3 is 2.95 bits per heavy atom. The van der Waals surface area contributed by atoms with Gasteiger partial charge in [0.1, 0.15) is 5.56 Å². The van der Waals surface area contributed by atoms with E-state index in [1.165, 1.54) is 12.8 Å². The van der Waals surface area contributed by atoms with Gasteiger partial charge < -0.3 is 10.1 Å². The van der Waals surface area contributed by atoms with Gasteiger partial charge in [-0.1, -0.05) is 0 Å². The molecular weight excluding hydrogens is 268 g/mol. The third-order valence-corrected chi connectivity index (χ3v) is 3.79. The van der Waals surface area contributed by atoms with Crippen LogP contribution >= 0.6 is 0 Å². The van der Waals surface area contributed by atoms with E-state index in [1.807, 2.05) is 14.0 Å². The van der Waals surface area contributed by atoms with Gasteiger partial charge in [-0.15, -0.1) is 0 Å². The molecule has 6 nitrogen and oxygen atoms in total. The predicted molar refractivity (Wildman–Crippen MR) is 80.4 cm³/mol. The predicted octanol–water partition coefficient (Wildman–Crippen LogP) is 2.28. The van der Waals surface area contributed by atoms with Crippen molar-refractivity contribution >= 4 is 22.7 Å². The first-order chi connectivity index (χ1) is 10.1. The first-order valence-corrected chi connectivity index (χ1v) is 7.35. The number of hydrogen-bond acceptors (Lipinski definition) is 5. The summed E-state index contributed by atoms with van der Waals surface area (Å²) >= 11 is 0. The molecule has 2 aromatic heterocycles. The molecule has 0 aliphatic heterocycles.